The highest BCUT2D eigenvalue weighted by atomic mass is 35.5. The maximum Gasteiger partial charge on any atom is 0.312 e. The third-order valence-corrected chi connectivity index (χ3v) is 8.34. The molecule has 0 saturated heterocycles. The molecule has 0 aromatic heterocycles. The average molecular weight is 456 g/mol. The number of carbonyl (C=O) groups is 2. The van der Waals surface area contributed by atoms with Gasteiger partial charge in [-0.15, -0.1) is 0 Å². The Morgan fingerprint density at radius 1 is 0.968 bits per heavy atom. The molecule has 6 heteroatoms. The van der Waals surface area contributed by atoms with Crippen LogP contribution in [0.3, 0.4) is 0 Å². The van der Waals surface area contributed by atoms with E-state index >= 15 is 0 Å². The van der Waals surface area contributed by atoms with E-state index < -0.39 is 0 Å². The lowest BCUT2D eigenvalue weighted by molar-refractivity contribution is -0.172. The number of rotatable bonds is 6. The van der Waals surface area contributed by atoms with Crippen molar-refractivity contribution in [2.75, 3.05) is 11.9 Å². The van der Waals surface area contributed by atoms with Crippen molar-refractivity contribution in [2.45, 2.75) is 48.3 Å². The minimum Gasteiger partial charge on any atom is -0.455 e. The van der Waals surface area contributed by atoms with Crippen molar-refractivity contribution in [1.29, 1.82) is 0 Å². The highest BCUT2D eigenvalue weighted by Gasteiger charge is 2.55. The van der Waals surface area contributed by atoms with E-state index in [0.717, 1.165) is 29.1 Å². The van der Waals surface area contributed by atoms with Gasteiger partial charge in [0.05, 0.1) is 11.1 Å². The Balaban J connectivity index is 1.20. The zero-order valence-electron chi connectivity index (χ0n) is 17.3. The predicted octanol–water partition coefficient (Wildman–Crippen LogP) is 6.19. The summed E-state index contributed by atoms with van der Waals surface area (Å²) in [6.45, 7) is -0.236. The number of amides is 1. The lowest BCUT2D eigenvalue weighted by Gasteiger charge is -2.55. The molecule has 4 fully saturated rings. The van der Waals surface area contributed by atoms with Crippen LogP contribution in [0.4, 0.5) is 5.69 Å². The highest BCUT2D eigenvalue weighted by molar-refractivity contribution is 7.99. The molecule has 4 aliphatic rings. The smallest absolute Gasteiger partial charge is 0.312 e. The molecule has 0 spiro atoms. The zero-order chi connectivity index (χ0) is 21.4. The second-order valence-electron chi connectivity index (χ2n) is 9.37. The van der Waals surface area contributed by atoms with E-state index in [9.17, 15) is 9.59 Å². The van der Waals surface area contributed by atoms with Crippen molar-refractivity contribution in [3.05, 3.63) is 53.6 Å². The van der Waals surface area contributed by atoms with Gasteiger partial charge in [-0.25, -0.2) is 0 Å². The molecule has 4 bridgehead atoms. The zero-order valence-corrected chi connectivity index (χ0v) is 18.9. The van der Waals surface area contributed by atoms with E-state index in [-0.39, 0.29) is 23.9 Å². The molecule has 4 nitrogen and oxygen atoms in total. The molecule has 162 valence electrons. The van der Waals surface area contributed by atoms with Crippen molar-refractivity contribution in [1.82, 2.24) is 0 Å². The number of halogens is 1. The standard InChI is InChI=1S/C25H26ClNO3S/c26-19-5-7-20(8-6-19)31-22-4-2-1-3-21(22)27-23(28)15-30-24(29)25-12-16-9-17(13-25)11-18(10-16)14-25/h1-8,16-18H,9-15H2,(H,27,28). The molecule has 0 unspecified atom stereocenters. The van der Waals surface area contributed by atoms with Gasteiger partial charge in [-0.2, -0.15) is 0 Å². The summed E-state index contributed by atoms with van der Waals surface area (Å²) in [5, 5.41) is 3.60. The van der Waals surface area contributed by atoms with Crippen molar-refractivity contribution in [3.8, 4) is 0 Å². The van der Waals surface area contributed by atoms with Crippen LogP contribution in [-0.2, 0) is 14.3 Å². The monoisotopic (exact) mass is 455 g/mol. The molecule has 0 atom stereocenters. The van der Waals surface area contributed by atoms with E-state index in [4.69, 9.17) is 16.3 Å². The molecule has 1 N–H and O–H groups in total. The molecule has 6 rings (SSSR count). The number of esters is 1. The number of anilines is 1. The summed E-state index contributed by atoms with van der Waals surface area (Å²) < 4.78 is 5.56. The Labute approximate surface area is 192 Å². The number of hydrogen-bond acceptors (Lipinski definition) is 4. The summed E-state index contributed by atoms with van der Waals surface area (Å²) in [4.78, 5) is 27.5. The SMILES string of the molecule is O=C(COC(=O)C12CC3CC(CC(C3)C1)C2)Nc1ccccc1Sc1ccc(Cl)cc1. The van der Waals surface area contributed by atoms with Gasteiger partial charge in [0.2, 0.25) is 0 Å². The van der Waals surface area contributed by atoms with Crippen molar-refractivity contribution >= 4 is 40.9 Å². The predicted molar refractivity (Wildman–Crippen MR) is 122 cm³/mol. The number of para-hydroxylation sites is 1. The van der Waals surface area contributed by atoms with E-state index in [2.05, 4.69) is 5.32 Å². The quantitative estimate of drug-likeness (QED) is 0.527. The van der Waals surface area contributed by atoms with Crippen molar-refractivity contribution in [2.24, 2.45) is 23.2 Å². The first-order valence-electron chi connectivity index (χ1n) is 11.0. The van der Waals surface area contributed by atoms with Gasteiger partial charge in [0.15, 0.2) is 6.61 Å². The maximum atomic E-state index is 13.0. The summed E-state index contributed by atoms with van der Waals surface area (Å²) in [6.07, 6.45) is 6.65. The number of carbonyl (C=O) groups excluding carboxylic acids is 2. The average Bonchev–Trinajstić information content (AvgIpc) is 2.74. The lowest BCUT2D eigenvalue weighted by atomic mass is 9.49. The molecular weight excluding hydrogens is 430 g/mol. The Morgan fingerprint density at radius 3 is 2.23 bits per heavy atom. The van der Waals surface area contributed by atoms with E-state index in [1.807, 2.05) is 48.5 Å². The van der Waals surface area contributed by atoms with Crippen LogP contribution in [-0.4, -0.2) is 18.5 Å². The third-order valence-electron chi connectivity index (χ3n) is 7.01. The first kappa shape index (κ1) is 20.9. The Kier molecular flexibility index (Phi) is 5.74. The van der Waals surface area contributed by atoms with Crippen LogP contribution in [0, 0.1) is 23.2 Å². The topological polar surface area (TPSA) is 55.4 Å². The summed E-state index contributed by atoms with van der Waals surface area (Å²) in [5.74, 6) is 1.55. The number of ether oxygens (including phenoxy) is 1. The molecular formula is C25H26ClNO3S. The fraction of sp³-hybridized carbons (Fsp3) is 0.440. The summed E-state index contributed by atoms with van der Waals surface area (Å²) in [6, 6.07) is 15.2. The molecule has 4 saturated carbocycles. The van der Waals surface area contributed by atoms with Crippen LogP contribution in [0.2, 0.25) is 5.02 Å². The largest absolute Gasteiger partial charge is 0.455 e. The van der Waals surface area contributed by atoms with Crippen LogP contribution < -0.4 is 5.32 Å². The first-order valence-corrected chi connectivity index (χ1v) is 12.2. The molecule has 2 aromatic rings. The number of nitrogens with one attached hydrogen (secondary N) is 1. The van der Waals surface area contributed by atoms with Gasteiger partial charge in [0.25, 0.3) is 5.91 Å². The molecule has 31 heavy (non-hydrogen) atoms. The van der Waals surface area contributed by atoms with Gasteiger partial charge < -0.3 is 10.1 Å². The van der Waals surface area contributed by atoms with Gasteiger partial charge in [0, 0.05) is 14.8 Å². The summed E-state index contributed by atoms with van der Waals surface area (Å²) in [7, 11) is 0. The minimum atomic E-state index is -0.336. The molecule has 2 aromatic carbocycles. The Bertz CT molecular complexity index is 955. The number of benzene rings is 2. The first-order chi connectivity index (χ1) is 15.0. The lowest BCUT2D eigenvalue weighted by Crippen LogP contribution is -2.50. The molecule has 0 heterocycles. The van der Waals surface area contributed by atoms with Gasteiger partial charge in [-0.3, -0.25) is 9.59 Å². The van der Waals surface area contributed by atoms with Crippen molar-refractivity contribution < 1.29 is 14.3 Å². The summed E-state index contributed by atoms with van der Waals surface area (Å²) >= 11 is 7.51. The molecule has 0 radical (unpaired) electrons. The highest BCUT2D eigenvalue weighted by Crippen LogP contribution is 2.60. The van der Waals surface area contributed by atoms with Crippen LogP contribution in [0.1, 0.15) is 38.5 Å². The van der Waals surface area contributed by atoms with Gasteiger partial charge in [-0.1, -0.05) is 35.5 Å². The maximum absolute atomic E-state index is 13.0. The second kappa shape index (κ2) is 8.51. The Morgan fingerprint density at radius 2 is 1.58 bits per heavy atom. The van der Waals surface area contributed by atoms with E-state index in [1.54, 1.807) is 11.8 Å². The van der Waals surface area contributed by atoms with Crippen LogP contribution >= 0.6 is 23.4 Å². The normalized spacial score (nSPS) is 28.4. The summed E-state index contributed by atoms with van der Waals surface area (Å²) in [5.41, 5.74) is 0.371. The van der Waals surface area contributed by atoms with Gasteiger partial charge in [-0.05, 0) is 92.7 Å². The molecule has 0 aliphatic heterocycles. The van der Waals surface area contributed by atoms with Gasteiger partial charge in [0.1, 0.15) is 0 Å². The molecule has 1 amide bonds. The fourth-order valence-corrected chi connectivity index (χ4v) is 7.15. The minimum absolute atomic E-state index is 0.162. The fourth-order valence-electron chi connectivity index (χ4n) is 6.12. The van der Waals surface area contributed by atoms with E-state index in [1.165, 1.54) is 19.3 Å². The second-order valence-corrected chi connectivity index (χ2v) is 10.9. The van der Waals surface area contributed by atoms with Gasteiger partial charge >= 0.3 is 5.97 Å². The van der Waals surface area contributed by atoms with Crippen LogP contribution in [0.5, 0.6) is 0 Å². The number of hydrogen-bond donors (Lipinski definition) is 1. The Hall–Kier alpha value is -1.98. The third kappa shape index (κ3) is 4.49. The van der Waals surface area contributed by atoms with Crippen LogP contribution in [0.15, 0.2) is 58.3 Å². The van der Waals surface area contributed by atoms with Crippen molar-refractivity contribution in [3.63, 3.8) is 0 Å². The molecule has 4 aliphatic carbocycles. The van der Waals surface area contributed by atoms with Crippen LogP contribution in [0.25, 0.3) is 0 Å². The van der Waals surface area contributed by atoms with E-state index in [0.29, 0.717) is 28.5 Å².